The largest absolute Gasteiger partial charge is 0.497 e. The minimum Gasteiger partial charge on any atom is -0.497 e. The lowest BCUT2D eigenvalue weighted by molar-refractivity contribution is 0.0600. The van der Waals surface area contributed by atoms with Gasteiger partial charge in [0.2, 0.25) is 0 Å². The number of nitrogens with zero attached hydrogens (tertiary/aromatic N) is 2. The summed E-state index contributed by atoms with van der Waals surface area (Å²) in [6.45, 7) is 3.91. The van der Waals surface area contributed by atoms with E-state index in [4.69, 9.17) is 9.47 Å². The van der Waals surface area contributed by atoms with Crippen molar-refractivity contribution in [1.82, 2.24) is 4.57 Å². The molecule has 2 aromatic carbocycles. The van der Waals surface area contributed by atoms with Gasteiger partial charge in [-0.1, -0.05) is 6.07 Å². The van der Waals surface area contributed by atoms with E-state index in [0.717, 1.165) is 34.1 Å². The van der Waals surface area contributed by atoms with Crippen LogP contribution in [0.5, 0.6) is 5.75 Å². The maximum Gasteiger partial charge on any atom is 0.338 e. The van der Waals surface area contributed by atoms with Gasteiger partial charge in [-0.05, 0) is 67.9 Å². The molecule has 0 atom stereocenters. The summed E-state index contributed by atoms with van der Waals surface area (Å²) >= 11 is 0. The minimum absolute atomic E-state index is 0.359. The molecule has 0 N–H and O–H groups in total. The number of hydrogen-bond acceptors (Lipinski definition) is 4. The zero-order valence-electron chi connectivity index (χ0n) is 15.9. The fourth-order valence-electron chi connectivity index (χ4n) is 2.97. The molecule has 138 valence electrons. The number of esters is 1. The number of ether oxygens (including phenoxy) is 2. The first-order chi connectivity index (χ1) is 13.0. The zero-order valence-corrected chi connectivity index (χ0v) is 15.9. The molecule has 0 unspecified atom stereocenters. The maximum absolute atomic E-state index is 11.9. The number of hydrogen-bond donors (Lipinski definition) is 0. The smallest absolute Gasteiger partial charge is 0.338 e. The molecular formula is C22H22N2O3. The monoisotopic (exact) mass is 362 g/mol. The number of rotatable bonds is 5. The highest BCUT2D eigenvalue weighted by Gasteiger charge is 2.11. The molecule has 0 aliphatic carbocycles. The van der Waals surface area contributed by atoms with Crippen LogP contribution in [0.2, 0.25) is 0 Å². The van der Waals surface area contributed by atoms with Crippen molar-refractivity contribution in [2.75, 3.05) is 14.2 Å². The third-order valence-electron chi connectivity index (χ3n) is 4.48. The van der Waals surface area contributed by atoms with Gasteiger partial charge in [-0.25, -0.2) is 4.79 Å². The van der Waals surface area contributed by atoms with Crippen LogP contribution in [0.1, 0.15) is 27.3 Å². The van der Waals surface area contributed by atoms with Crippen molar-refractivity contribution < 1.29 is 14.3 Å². The number of aliphatic imine (C=N–C) groups is 1. The molecule has 27 heavy (non-hydrogen) atoms. The van der Waals surface area contributed by atoms with Gasteiger partial charge in [0.05, 0.1) is 37.4 Å². The summed E-state index contributed by atoms with van der Waals surface area (Å²) in [7, 11) is 3.03. The first-order valence-electron chi connectivity index (χ1n) is 8.60. The van der Waals surface area contributed by atoms with Crippen molar-refractivity contribution in [2.24, 2.45) is 4.99 Å². The van der Waals surface area contributed by atoms with Crippen LogP contribution in [0.4, 0.5) is 5.69 Å². The van der Waals surface area contributed by atoms with Crippen LogP contribution in [0.15, 0.2) is 59.6 Å². The van der Waals surface area contributed by atoms with Crippen LogP contribution in [-0.4, -0.2) is 31.0 Å². The van der Waals surface area contributed by atoms with Crippen molar-refractivity contribution in [2.45, 2.75) is 13.8 Å². The average molecular weight is 362 g/mol. The van der Waals surface area contributed by atoms with Crippen LogP contribution in [0.25, 0.3) is 5.69 Å². The van der Waals surface area contributed by atoms with Gasteiger partial charge >= 0.3 is 5.97 Å². The van der Waals surface area contributed by atoms with E-state index in [9.17, 15) is 4.79 Å². The Labute approximate surface area is 158 Å². The van der Waals surface area contributed by atoms with Crippen molar-refractivity contribution in [3.63, 3.8) is 0 Å². The van der Waals surface area contributed by atoms with Gasteiger partial charge in [-0.3, -0.25) is 4.99 Å². The molecule has 5 nitrogen and oxygen atoms in total. The first kappa shape index (κ1) is 18.5. The van der Waals surface area contributed by atoms with Crippen LogP contribution < -0.4 is 4.74 Å². The second-order valence-corrected chi connectivity index (χ2v) is 6.13. The van der Waals surface area contributed by atoms with Crippen LogP contribution in [0.3, 0.4) is 0 Å². The number of carbonyl (C=O) groups is 1. The number of aromatic nitrogens is 1. The van der Waals surface area contributed by atoms with E-state index in [1.807, 2.05) is 56.3 Å². The number of aryl methyl sites for hydroxylation is 1. The molecule has 5 heteroatoms. The van der Waals surface area contributed by atoms with Crippen LogP contribution in [0, 0.1) is 13.8 Å². The molecule has 0 spiro atoms. The fourth-order valence-corrected chi connectivity index (χ4v) is 2.97. The zero-order chi connectivity index (χ0) is 19.4. The summed E-state index contributed by atoms with van der Waals surface area (Å²) in [5, 5.41) is 0. The predicted octanol–water partition coefficient (Wildman–Crippen LogP) is 4.64. The Morgan fingerprint density at radius 3 is 2.41 bits per heavy atom. The van der Waals surface area contributed by atoms with Crippen molar-refractivity contribution in [1.29, 1.82) is 0 Å². The topological polar surface area (TPSA) is 52.8 Å². The van der Waals surface area contributed by atoms with Gasteiger partial charge in [0.15, 0.2) is 0 Å². The highest BCUT2D eigenvalue weighted by atomic mass is 16.5. The summed E-state index contributed by atoms with van der Waals surface area (Å²) in [5.41, 5.74) is 5.12. The summed E-state index contributed by atoms with van der Waals surface area (Å²) in [6.07, 6.45) is 1.81. The number of carbonyl (C=O) groups excluding carboxylic acids is 1. The average Bonchev–Trinajstić information content (AvgIpc) is 3.07. The number of benzene rings is 2. The molecule has 0 aliphatic heterocycles. The van der Waals surface area contributed by atoms with E-state index in [2.05, 4.69) is 9.56 Å². The van der Waals surface area contributed by atoms with Gasteiger partial charge < -0.3 is 14.0 Å². The van der Waals surface area contributed by atoms with E-state index in [0.29, 0.717) is 5.56 Å². The Bertz CT molecular complexity index is 985. The van der Waals surface area contributed by atoms with E-state index in [1.165, 1.54) is 7.11 Å². The van der Waals surface area contributed by atoms with Gasteiger partial charge in [0, 0.05) is 11.4 Å². The molecule has 3 aromatic rings. The van der Waals surface area contributed by atoms with E-state index in [1.54, 1.807) is 25.5 Å². The van der Waals surface area contributed by atoms with Crippen molar-refractivity contribution in [3.05, 3.63) is 77.1 Å². The van der Waals surface area contributed by atoms with Gasteiger partial charge in [-0.2, -0.15) is 0 Å². The Kier molecular flexibility index (Phi) is 5.41. The normalized spacial score (nSPS) is 11.0. The van der Waals surface area contributed by atoms with E-state index in [-0.39, 0.29) is 5.97 Å². The molecule has 0 saturated carbocycles. The van der Waals surface area contributed by atoms with Crippen molar-refractivity contribution in [3.8, 4) is 11.4 Å². The van der Waals surface area contributed by atoms with Crippen molar-refractivity contribution >= 4 is 17.9 Å². The quantitative estimate of drug-likeness (QED) is 0.491. The SMILES string of the molecule is COC(=O)c1cccc(N=Cc2ccc(C)n2-c2ccc(OC)cc2)c1C. The lowest BCUT2D eigenvalue weighted by Crippen LogP contribution is -2.04. The Balaban J connectivity index is 1.96. The first-order valence-corrected chi connectivity index (χ1v) is 8.60. The summed E-state index contributed by atoms with van der Waals surface area (Å²) in [4.78, 5) is 16.5. The molecular weight excluding hydrogens is 340 g/mol. The molecule has 0 aliphatic rings. The Morgan fingerprint density at radius 1 is 1.00 bits per heavy atom. The lowest BCUT2D eigenvalue weighted by atomic mass is 10.1. The highest BCUT2D eigenvalue weighted by Crippen LogP contribution is 2.24. The molecule has 1 heterocycles. The summed E-state index contributed by atoms with van der Waals surface area (Å²) < 4.78 is 12.2. The lowest BCUT2D eigenvalue weighted by Gasteiger charge is -2.10. The maximum atomic E-state index is 11.9. The van der Waals surface area contributed by atoms with E-state index < -0.39 is 0 Å². The molecule has 0 amide bonds. The third kappa shape index (κ3) is 3.77. The van der Waals surface area contributed by atoms with Crippen LogP contribution in [-0.2, 0) is 4.74 Å². The molecule has 0 radical (unpaired) electrons. The number of methoxy groups -OCH3 is 2. The summed E-state index contributed by atoms with van der Waals surface area (Å²) in [5.74, 6) is 0.455. The second-order valence-electron chi connectivity index (χ2n) is 6.13. The minimum atomic E-state index is -0.359. The molecule has 0 saturated heterocycles. The third-order valence-corrected chi connectivity index (χ3v) is 4.48. The molecule has 1 aromatic heterocycles. The molecule has 0 fully saturated rings. The molecule has 0 bridgehead atoms. The van der Waals surface area contributed by atoms with Gasteiger partial charge in [-0.15, -0.1) is 0 Å². The molecule has 3 rings (SSSR count). The fraction of sp³-hybridized carbons (Fsp3) is 0.182. The summed E-state index contributed by atoms with van der Waals surface area (Å²) in [6, 6.07) is 17.4. The highest BCUT2D eigenvalue weighted by molar-refractivity contribution is 5.93. The van der Waals surface area contributed by atoms with E-state index >= 15 is 0 Å². The van der Waals surface area contributed by atoms with Crippen LogP contribution >= 0.6 is 0 Å². The standard InChI is InChI=1S/C22H22N2O3/c1-15-8-9-18(24(15)17-10-12-19(26-3)13-11-17)14-23-21-7-5-6-20(16(21)2)22(25)27-4/h5-14H,1-4H3. The van der Waals surface area contributed by atoms with Gasteiger partial charge in [0.1, 0.15) is 5.75 Å². The predicted molar refractivity (Wildman–Crippen MR) is 107 cm³/mol. The second kappa shape index (κ2) is 7.91. The Hall–Kier alpha value is -3.34. The van der Waals surface area contributed by atoms with Gasteiger partial charge in [0.25, 0.3) is 0 Å². The Morgan fingerprint density at radius 2 is 1.74 bits per heavy atom.